The third-order valence-corrected chi connectivity index (χ3v) is 3.81. The molecular formula is C10H14N2O3S. The molecule has 0 aliphatic carbocycles. The zero-order chi connectivity index (χ0) is 12.3. The monoisotopic (exact) mass is 242 g/mol. The summed E-state index contributed by atoms with van der Waals surface area (Å²) >= 11 is -1.36. The van der Waals surface area contributed by atoms with E-state index in [4.69, 9.17) is 5.73 Å². The number of benzene rings is 1. The van der Waals surface area contributed by atoms with Crippen molar-refractivity contribution in [2.24, 2.45) is 0 Å². The van der Waals surface area contributed by atoms with Crippen LogP contribution in [0.4, 0.5) is 11.4 Å². The second-order valence-corrected chi connectivity index (χ2v) is 4.99. The topological polar surface area (TPSA) is 92.2 Å². The fourth-order valence-electron chi connectivity index (χ4n) is 1.36. The summed E-state index contributed by atoms with van der Waals surface area (Å²) in [6.45, 7) is 3.57. The number of rotatable bonds is 4. The van der Waals surface area contributed by atoms with E-state index in [-0.39, 0.29) is 16.3 Å². The fraction of sp³-hybridized carbons (Fsp3) is 0.400. The van der Waals surface area contributed by atoms with Crippen LogP contribution in [0, 0.1) is 17.0 Å². The van der Waals surface area contributed by atoms with Crippen molar-refractivity contribution in [1.29, 1.82) is 0 Å². The summed E-state index contributed by atoms with van der Waals surface area (Å²) in [7, 11) is 0. The van der Waals surface area contributed by atoms with Crippen molar-refractivity contribution in [2.75, 3.05) is 11.5 Å². The third kappa shape index (κ3) is 2.45. The predicted molar refractivity (Wildman–Crippen MR) is 63.8 cm³/mol. The highest BCUT2D eigenvalue weighted by atomic mass is 32.2. The highest BCUT2D eigenvalue weighted by Gasteiger charge is 2.27. The SMILES string of the molecule is CCC[S+]([O-])c1ccc(C)c(N)c1[N+](=O)[O-]. The predicted octanol–water partition coefficient (Wildman–Crippen LogP) is 2.00. The van der Waals surface area contributed by atoms with Gasteiger partial charge in [-0.15, -0.1) is 0 Å². The summed E-state index contributed by atoms with van der Waals surface area (Å²) in [5, 5.41) is 10.9. The molecule has 5 nitrogen and oxygen atoms in total. The summed E-state index contributed by atoms with van der Waals surface area (Å²) in [5.74, 6) is 0.406. The number of anilines is 1. The molecule has 88 valence electrons. The minimum atomic E-state index is -1.36. The van der Waals surface area contributed by atoms with Crippen LogP contribution >= 0.6 is 0 Å². The van der Waals surface area contributed by atoms with Gasteiger partial charge in [-0.1, -0.05) is 13.0 Å². The highest BCUT2D eigenvalue weighted by Crippen LogP contribution is 2.33. The molecule has 0 radical (unpaired) electrons. The Morgan fingerprint density at radius 1 is 1.50 bits per heavy atom. The maximum absolute atomic E-state index is 11.8. The van der Waals surface area contributed by atoms with Crippen LogP contribution in [-0.4, -0.2) is 15.2 Å². The molecule has 0 saturated carbocycles. The summed E-state index contributed by atoms with van der Waals surface area (Å²) < 4.78 is 11.8. The number of nitro benzene ring substituents is 1. The van der Waals surface area contributed by atoms with Gasteiger partial charge < -0.3 is 10.3 Å². The number of nitrogen functional groups attached to an aromatic ring is 1. The Kier molecular flexibility index (Phi) is 4.14. The number of aryl methyl sites for hydroxylation is 1. The van der Waals surface area contributed by atoms with Gasteiger partial charge in [0.25, 0.3) is 0 Å². The molecule has 0 aliphatic heterocycles. The van der Waals surface area contributed by atoms with Crippen LogP contribution in [0.5, 0.6) is 0 Å². The van der Waals surface area contributed by atoms with Gasteiger partial charge in [0.1, 0.15) is 11.4 Å². The lowest BCUT2D eigenvalue weighted by atomic mass is 10.2. The van der Waals surface area contributed by atoms with Gasteiger partial charge in [0, 0.05) is 6.07 Å². The smallest absolute Gasteiger partial charge is 0.346 e. The molecule has 16 heavy (non-hydrogen) atoms. The molecule has 0 fully saturated rings. The van der Waals surface area contributed by atoms with Gasteiger partial charge in [-0.05, 0) is 30.1 Å². The van der Waals surface area contributed by atoms with Gasteiger partial charge in [0.2, 0.25) is 4.90 Å². The minimum Gasteiger partial charge on any atom is -0.611 e. The molecule has 0 spiro atoms. The van der Waals surface area contributed by atoms with Crippen molar-refractivity contribution in [2.45, 2.75) is 25.2 Å². The van der Waals surface area contributed by atoms with Crippen molar-refractivity contribution < 1.29 is 9.48 Å². The lowest BCUT2D eigenvalue weighted by Crippen LogP contribution is -2.11. The Morgan fingerprint density at radius 2 is 2.12 bits per heavy atom. The van der Waals surface area contributed by atoms with Crippen LogP contribution in [-0.2, 0) is 11.2 Å². The zero-order valence-corrected chi connectivity index (χ0v) is 10.0. The van der Waals surface area contributed by atoms with Gasteiger partial charge in [-0.2, -0.15) is 0 Å². The second-order valence-electron chi connectivity index (χ2n) is 3.45. The fourth-order valence-corrected chi connectivity index (χ4v) is 2.57. The van der Waals surface area contributed by atoms with Gasteiger partial charge in [0.15, 0.2) is 0 Å². The lowest BCUT2D eigenvalue weighted by Gasteiger charge is -2.11. The van der Waals surface area contributed by atoms with Crippen LogP contribution in [0.2, 0.25) is 0 Å². The first-order valence-electron chi connectivity index (χ1n) is 4.90. The van der Waals surface area contributed by atoms with E-state index in [1.807, 2.05) is 6.92 Å². The molecule has 1 aromatic rings. The zero-order valence-electron chi connectivity index (χ0n) is 9.23. The van der Waals surface area contributed by atoms with Crippen molar-refractivity contribution in [1.82, 2.24) is 0 Å². The second kappa shape index (κ2) is 5.18. The molecule has 0 aromatic heterocycles. The van der Waals surface area contributed by atoms with Crippen LogP contribution in [0.25, 0.3) is 0 Å². The van der Waals surface area contributed by atoms with Crippen molar-refractivity contribution >= 4 is 22.6 Å². The van der Waals surface area contributed by atoms with Gasteiger partial charge in [-0.3, -0.25) is 10.1 Å². The number of nitro groups is 1. The van der Waals surface area contributed by atoms with Crippen molar-refractivity contribution in [3.8, 4) is 0 Å². The Hall–Kier alpha value is -1.27. The van der Waals surface area contributed by atoms with Crippen LogP contribution in [0.3, 0.4) is 0 Å². The van der Waals surface area contributed by atoms with Gasteiger partial charge in [-0.25, -0.2) is 0 Å². The Morgan fingerprint density at radius 3 is 2.62 bits per heavy atom. The summed E-state index contributed by atoms with van der Waals surface area (Å²) in [6, 6.07) is 3.18. The van der Waals surface area contributed by atoms with E-state index in [1.54, 1.807) is 13.0 Å². The third-order valence-electron chi connectivity index (χ3n) is 2.22. The average molecular weight is 242 g/mol. The lowest BCUT2D eigenvalue weighted by molar-refractivity contribution is -0.386. The Labute approximate surface area is 97.0 Å². The normalized spacial score (nSPS) is 12.4. The standard InChI is InChI=1S/C10H14N2O3S/c1-3-6-16(15)8-5-4-7(2)9(11)10(8)12(13)14/h4-5H,3,6,11H2,1-2H3. The molecule has 1 rings (SSSR count). The molecule has 1 atom stereocenters. The molecule has 0 bridgehead atoms. The first-order valence-corrected chi connectivity index (χ1v) is 6.22. The van der Waals surface area contributed by atoms with Gasteiger partial charge in [0.05, 0.1) is 4.92 Å². The maximum atomic E-state index is 11.8. The van der Waals surface area contributed by atoms with E-state index in [2.05, 4.69) is 0 Å². The Bertz CT molecular complexity index is 409. The van der Waals surface area contributed by atoms with E-state index in [0.29, 0.717) is 17.7 Å². The first-order chi connectivity index (χ1) is 7.49. The average Bonchev–Trinajstić information content (AvgIpc) is 2.21. The molecular weight excluding hydrogens is 228 g/mol. The molecule has 0 aliphatic rings. The maximum Gasteiger partial charge on any atom is 0.346 e. The molecule has 0 heterocycles. The van der Waals surface area contributed by atoms with E-state index >= 15 is 0 Å². The Balaban J connectivity index is 3.28. The quantitative estimate of drug-likeness (QED) is 0.378. The molecule has 2 N–H and O–H groups in total. The number of nitrogens with zero attached hydrogens (tertiary/aromatic N) is 1. The van der Waals surface area contributed by atoms with E-state index < -0.39 is 16.1 Å². The van der Waals surface area contributed by atoms with E-state index in [9.17, 15) is 14.7 Å². The van der Waals surface area contributed by atoms with Crippen LogP contribution < -0.4 is 5.73 Å². The van der Waals surface area contributed by atoms with Crippen LogP contribution in [0.15, 0.2) is 17.0 Å². The number of nitrogens with two attached hydrogens (primary N) is 1. The summed E-state index contributed by atoms with van der Waals surface area (Å²) in [6.07, 6.45) is 0.706. The molecule has 6 heteroatoms. The van der Waals surface area contributed by atoms with E-state index in [1.165, 1.54) is 6.07 Å². The number of hydrogen-bond acceptors (Lipinski definition) is 4. The number of hydrogen-bond donors (Lipinski definition) is 1. The van der Waals surface area contributed by atoms with Gasteiger partial charge >= 0.3 is 5.69 Å². The van der Waals surface area contributed by atoms with E-state index in [0.717, 1.165) is 0 Å². The highest BCUT2D eigenvalue weighted by molar-refractivity contribution is 7.91. The largest absolute Gasteiger partial charge is 0.611 e. The summed E-state index contributed by atoms with van der Waals surface area (Å²) in [4.78, 5) is 10.5. The summed E-state index contributed by atoms with van der Waals surface area (Å²) in [5.41, 5.74) is 6.16. The first kappa shape index (κ1) is 12.8. The van der Waals surface area contributed by atoms with Crippen LogP contribution in [0.1, 0.15) is 18.9 Å². The molecule has 1 aromatic carbocycles. The van der Waals surface area contributed by atoms with Crippen molar-refractivity contribution in [3.63, 3.8) is 0 Å². The van der Waals surface area contributed by atoms with Crippen molar-refractivity contribution in [3.05, 3.63) is 27.8 Å². The minimum absolute atomic E-state index is 0.104. The molecule has 0 saturated heterocycles. The molecule has 1 unspecified atom stereocenters. The molecule has 0 amide bonds.